The van der Waals surface area contributed by atoms with Gasteiger partial charge in [0.1, 0.15) is 5.82 Å². The first-order chi connectivity index (χ1) is 15.1. The van der Waals surface area contributed by atoms with Crippen LogP contribution < -0.4 is 10.2 Å². The zero-order valence-corrected chi connectivity index (χ0v) is 17.5. The van der Waals surface area contributed by atoms with Gasteiger partial charge >= 0.3 is 0 Å². The molecule has 0 atom stereocenters. The number of carbonyl (C=O) groups excluding carboxylic acids is 2. The summed E-state index contributed by atoms with van der Waals surface area (Å²) in [7, 11) is 0. The van der Waals surface area contributed by atoms with Gasteiger partial charge in [0, 0.05) is 43.0 Å². The molecule has 0 spiro atoms. The molecule has 0 saturated carbocycles. The first-order valence-electron chi connectivity index (χ1n) is 9.87. The summed E-state index contributed by atoms with van der Waals surface area (Å²) in [5.74, 6) is 1.66. The van der Waals surface area contributed by atoms with E-state index in [1.807, 2.05) is 11.8 Å². The normalized spacial score (nSPS) is 13.8. The number of benzene rings is 1. The number of hydrogen-bond acceptors (Lipinski definition) is 7. The van der Waals surface area contributed by atoms with E-state index in [-0.39, 0.29) is 24.5 Å². The van der Waals surface area contributed by atoms with Crippen LogP contribution >= 0.6 is 11.8 Å². The summed E-state index contributed by atoms with van der Waals surface area (Å²) in [6.07, 6.45) is 6.72. The molecular weight excluding hydrogens is 419 g/mol. The third-order valence-corrected chi connectivity index (χ3v) is 5.76. The zero-order chi connectivity index (χ0) is 21.6. The molecule has 0 radical (unpaired) electrons. The molecule has 1 amide bonds. The monoisotopic (exact) mass is 440 g/mol. The molecule has 31 heavy (non-hydrogen) atoms. The van der Waals surface area contributed by atoms with Crippen LogP contribution in [0.5, 0.6) is 0 Å². The van der Waals surface area contributed by atoms with Gasteiger partial charge in [-0.15, -0.1) is 0 Å². The maximum Gasteiger partial charge on any atom is 0.250 e. The number of aromatic nitrogens is 4. The SMILES string of the molecule is O=C(CCC(=O)c1ccc(F)cc1)Nc1cnn(-c2ncc(N3CCSCC3)cn2)c1. The second-order valence-corrected chi connectivity index (χ2v) is 8.22. The number of hydrogen-bond donors (Lipinski definition) is 1. The van der Waals surface area contributed by atoms with Crippen molar-refractivity contribution >= 4 is 34.8 Å². The van der Waals surface area contributed by atoms with Gasteiger partial charge in [-0.2, -0.15) is 16.9 Å². The Morgan fingerprint density at radius 3 is 2.45 bits per heavy atom. The summed E-state index contributed by atoms with van der Waals surface area (Å²) in [5, 5.41) is 6.90. The number of amides is 1. The molecule has 1 aliphatic rings. The molecule has 0 aliphatic carbocycles. The van der Waals surface area contributed by atoms with E-state index in [1.54, 1.807) is 18.6 Å². The van der Waals surface area contributed by atoms with Gasteiger partial charge in [0.25, 0.3) is 5.95 Å². The highest BCUT2D eigenvalue weighted by Crippen LogP contribution is 2.18. The summed E-state index contributed by atoms with van der Waals surface area (Å²) in [6, 6.07) is 5.27. The lowest BCUT2D eigenvalue weighted by Gasteiger charge is -2.27. The van der Waals surface area contributed by atoms with Gasteiger partial charge in [0.15, 0.2) is 5.78 Å². The number of nitrogens with zero attached hydrogens (tertiary/aromatic N) is 5. The average Bonchev–Trinajstić information content (AvgIpc) is 3.27. The fourth-order valence-corrected chi connectivity index (χ4v) is 4.05. The van der Waals surface area contributed by atoms with Crippen molar-refractivity contribution in [3.63, 3.8) is 0 Å². The molecule has 3 aromatic rings. The third-order valence-electron chi connectivity index (χ3n) is 4.82. The number of halogens is 1. The van der Waals surface area contributed by atoms with Crippen molar-refractivity contribution in [2.45, 2.75) is 12.8 Å². The van der Waals surface area contributed by atoms with Crippen LogP contribution in [0.2, 0.25) is 0 Å². The Morgan fingerprint density at radius 2 is 1.74 bits per heavy atom. The van der Waals surface area contributed by atoms with Crippen LogP contribution in [0.4, 0.5) is 15.8 Å². The standard InChI is InChI=1S/C21H21FN6O2S/c22-16-3-1-15(2-4-16)19(29)5-6-20(30)26-17-11-25-28(14-17)21-23-12-18(13-24-21)27-7-9-31-10-8-27/h1-4,11-14H,5-10H2,(H,26,30). The molecule has 1 aliphatic heterocycles. The highest BCUT2D eigenvalue weighted by atomic mass is 32.2. The van der Waals surface area contributed by atoms with E-state index < -0.39 is 5.82 Å². The Balaban J connectivity index is 1.30. The predicted molar refractivity (Wildman–Crippen MR) is 117 cm³/mol. The predicted octanol–water partition coefficient (Wildman–Crippen LogP) is 2.96. The lowest BCUT2D eigenvalue weighted by atomic mass is 10.1. The molecule has 1 fully saturated rings. The van der Waals surface area contributed by atoms with E-state index >= 15 is 0 Å². The van der Waals surface area contributed by atoms with E-state index in [4.69, 9.17) is 0 Å². The van der Waals surface area contributed by atoms with E-state index in [2.05, 4.69) is 25.3 Å². The second-order valence-electron chi connectivity index (χ2n) is 6.99. The number of Topliss-reactive ketones (excluding diaryl/α,β-unsaturated/α-hetero) is 1. The van der Waals surface area contributed by atoms with Crippen molar-refractivity contribution in [2.75, 3.05) is 34.8 Å². The van der Waals surface area contributed by atoms with Gasteiger partial charge in [0.05, 0.1) is 36.2 Å². The molecule has 0 bridgehead atoms. The van der Waals surface area contributed by atoms with Crippen molar-refractivity contribution in [2.24, 2.45) is 0 Å². The van der Waals surface area contributed by atoms with Crippen LogP contribution in [-0.4, -0.2) is 56.0 Å². The molecule has 8 nitrogen and oxygen atoms in total. The number of anilines is 2. The zero-order valence-electron chi connectivity index (χ0n) is 16.7. The van der Waals surface area contributed by atoms with Crippen LogP contribution in [0.1, 0.15) is 23.2 Å². The minimum atomic E-state index is -0.407. The van der Waals surface area contributed by atoms with E-state index in [0.717, 1.165) is 30.3 Å². The van der Waals surface area contributed by atoms with Gasteiger partial charge in [-0.1, -0.05) is 0 Å². The Morgan fingerprint density at radius 1 is 1.03 bits per heavy atom. The summed E-state index contributed by atoms with van der Waals surface area (Å²) in [5.41, 5.74) is 1.85. The lowest BCUT2D eigenvalue weighted by Crippen LogP contribution is -2.32. The number of ketones is 1. The van der Waals surface area contributed by atoms with Gasteiger partial charge in [0.2, 0.25) is 5.91 Å². The molecule has 3 heterocycles. The largest absolute Gasteiger partial charge is 0.367 e. The lowest BCUT2D eigenvalue weighted by molar-refractivity contribution is -0.116. The Bertz CT molecular complexity index is 1050. The van der Waals surface area contributed by atoms with Crippen LogP contribution in [0.3, 0.4) is 0 Å². The molecule has 10 heteroatoms. The van der Waals surface area contributed by atoms with Gasteiger partial charge in [-0.3, -0.25) is 9.59 Å². The number of carbonyl (C=O) groups is 2. The van der Waals surface area contributed by atoms with Crippen LogP contribution in [-0.2, 0) is 4.79 Å². The van der Waals surface area contributed by atoms with Crippen molar-refractivity contribution in [1.82, 2.24) is 19.7 Å². The fourth-order valence-electron chi connectivity index (χ4n) is 3.14. The van der Waals surface area contributed by atoms with Crippen molar-refractivity contribution in [1.29, 1.82) is 0 Å². The fraction of sp³-hybridized carbons (Fsp3) is 0.286. The van der Waals surface area contributed by atoms with Crippen LogP contribution in [0, 0.1) is 5.82 Å². The third kappa shape index (κ3) is 5.46. The molecule has 1 saturated heterocycles. The van der Waals surface area contributed by atoms with Crippen LogP contribution in [0.25, 0.3) is 5.95 Å². The van der Waals surface area contributed by atoms with Gasteiger partial charge in [-0.25, -0.2) is 19.0 Å². The highest BCUT2D eigenvalue weighted by molar-refractivity contribution is 7.99. The first-order valence-corrected chi connectivity index (χ1v) is 11.0. The number of rotatable bonds is 7. The summed E-state index contributed by atoms with van der Waals surface area (Å²) >= 11 is 1.94. The minimum absolute atomic E-state index is 0.0146. The van der Waals surface area contributed by atoms with Crippen molar-refractivity contribution in [3.8, 4) is 5.95 Å². The summed E-state index contributed by atoms with van der Waals surface area (Å²) < 4.78 is 14.4. The molecule has 1 aromatic carbocycles. The van der Waals surface area contributed by atoms with Gasteiger partial charge < -0.3 is 10.2 Å². The number of thioether (sulfide) groups is 1. The Hall–Kier alpha value is -3.27. The molecular formula is C21H21FN6O2S. The molecule has 160 valence electrons. The topological polar surface area (TPSA) is 93.0 Å². The Labute approximate surface area is 182 Å². The smallest absolute Gasteiger partial charge is 0.250 e. The second kappa shape index (κ2) is 9.69. The Kier molecular flexibility index (Phi) is 6.56. The molecule has 2 aromatic heterocycles. The molecule has 0 unspecified atom stereocenters. The summed E-state index contributed by atoms with van der Waals surface area (Å²) in [6.45, 7) is 1.96. The van der Waals surface area contributed by atoms with E-state index in [9.17, 15) is 14.0 Å². The van der Waals surface area contributed by atoms with Crippen molar-refractivity contribution in [3.05, 3.63) is 60.4 Å². The number of nitrogens with one attached hydrogen (secondary N) is 1. The average molecular weight is 441 g/mol. The quantitative estimate of drug-likeness (QED) is 0.565. The van der Waals surface area contributed by atoms with E-state index in [1.165, 1.54) is 35.1 Å². The van der Waals surface area contributed by atoms with Gasteiger partial charge in [-0.05, 0) is 24.3 Å². The highest BCUT2D eigenvalue weighted by Gasteiger charge is 2.14. The van der Waals surface area contributed by atoms with Crippen molar-refractivity contribution < 1.29 is 14.0 Å². The molecule has 4 rings (SSSR count). The van der Waals surface area contributed by atoms with E-state index in [0.29, 0.717) is 17.2 Å². The maximum absolute atomic E-state index is 12.9. The first kappa shape index (κ1) is 21.0. The maximum atomic E-state index is 12.9. The molecule has 1 N–H and O–H groups in total. The minimum Gasteiger partial charge on any atom is -0.367 e. The van der Waals surface area contributed by atoms with Crippen LogP contribution in [0.15, 0.2) is 49.1 Å². The summed E-state index contributed by atoms with van der Waals surface area (Å²) in [4.78, 5) is 35.3.